The van der Waals surface area contributed by atoms with E-state index in [1.807, 2.05) is 64.4 Å². The lowest BCUT2D eigenvalue weighted by Crippen LogP contribution is -2.59. The number of rotatable bonds is 7. The molecule has 36 heavy (non-hydrogen) atoms. The molecule has 1 aromatic heterocycles. The van der Waals surface area contributed by atoms with Gasteiger partial charge in [-0.15, -0.1) is 11.3 Å². The van der Waals surface area contributed by atoms with E-state index < -0.39 is 29.1 Å². The fourth-order valence-electron chi connectivity index (χ4n) is 4.61. The Morgan fingerprint density at radius 3 is 2.39 bits per heavy atom. The number of aromatic nitrogens is 1. The average molecular weight is 515 g/mol. The van der Waals surface area contributed by atoms with Gasteiger partial charge in [0.2, 0.25) is 11.8 Å². The summed E-state index contributed by atoms with van der Waals surface area (Å²) >= 11 is 1.59. The van der Waals surface area contributed by atoms with Crippen LogP contribution < -0.4 is 10.6 Å². The molecule has 1 saturated carbocycles. The number of nitrogens with zero attached hydrogens (tertiary/aromatic N) is 2. The number of amides is 3. The number of likely N-dealkylation sites (tertiary alicyclic amines) is 1. The molecule has 0 bridgehead atoms. The van der Waals surface area contributed by atoms with Crippen molar-refractivity contribution in [2.75, 3.05) is 6.54 Å². The molecule has 0 radical (unpaired) electrons. The second-order valence-electron chi connectivity index (χ2n) is 11.0. The van der Waals surface area contributed by atoms with Crippen LogP contribution in [0, 0.1) is 12.3 Å². The zero-order valence-electron chi connectivity index (χ0n) is 21.6. The second-order valence-corrected chi connectivity index (χ2v) is 11.9. The number of carbonyl (C=O) groups excluding carboxylic acids is 3. The SMILES string of the molecule is Cc1ncsc1-c1ccc(C(C)NC(=O)[C@@H]2CCCN2C(=O)C(NC(=O)C2(F)CC2)C(C)(C)C)cc1. The normalized spacial score (nSPS) is 20.5. The number of hydrogen-bond acceptors (Lipinski definition) is 5. The van der Waals surface area contributed by atoms with Crippen LogP contribution in [0.25, 0.3) is 10.4 Å². The third kappa shape index (κ3) is 5.45. The Morgan fingerprint density at radius 1 is 1.17 bits per heavy atom. The lowest BCUT2D eigenvalue weighted by Gasteiger charge is -2.36. The lowest BCUT2D eigenvalue weighted by molar-refractivity contribution is -0.145. The summed E-state index contributed by atoms with van der Waals surface area (Å²) in [5.41, 5.74) is 2.36. The highest BCUT2D eigenvalue weighted by molar-refractivity contribution is 7.13. The van der Waals surface area contributed by atoms with Crippen LogP contribution in [0.3, 0.4) is 0 Å². The maximum absolute atomic E-state index is 14.3. The summed E-state index contributed by atoms with van der Waals surface area (Å²) in [6.07, 6.45) is 1.60. The van der Waals surface area contributed by atoms with Crippen molar-refractivity contribution >= 4 is 29.1 Å². The molecule has 0 spiro atoms. The molecule has 2 aromatic rings. The van der Waals surface area contributed by atoms with Gasteiger partial charge in [0.25, 0.3) is 5.91 Å². The number of nitrogens with one attached hydrogen (secondary N) is 2. The standard InChI is InChI=1S/C27H35FN4O3S/c1-16(18-8-10-19(11-9-18)21-17(2)29-15-36-21)30-23(33)20-7-6-14-32(20)24(34)22(26(3,4)5)31-25(35)27(28)12-13-27/h8-11,15-16,20,22H,6-7,12-14H2,1-5H3,(H,30,33)(H,31,35)/t16?,20-,22?/m0/s1. The van der Waals surface area contributed by atoms with Crippen molar-refractivity contribution < 1.29 is 18.8 Å². The zero-order valence-corrected chi connectivity index (χ0v) is 22.4. The summed E-state index contributed by atoms with van der Waals surface area (Å²) in [6.45, 7) is 9.82. The van der Waals surface area contributed by atoms with E-state index in [-0.39, 0.29) is 30.7 Å². The van der Waals surface area contributed by atoms with Crippen LogP contribution in [0.4, 0.5) is 4.39 Å². The van der Waals surface area contributed by atoms with Gasteiger partial charge in [-0.3, -0.25) is 14.4 Å². The summed E-state index contributed by atoms with van der Waals surface area (Å²) in [4.78, 5) is 46.1. The molecule has 3 atom stereocenters. The van der Waals surface area contributed by atoms with Crippen LogP contribution in [0.2, 0.25) is 0 Å². The molecule has 9 heteroatoms. The first-order valence-electron chi connectivity index (χ1n) is 12.5. The van der Waals surface area contributed by atoms with Gasteiger partial charge in [0, 0.05) is 6.54 Å². The van der Waals surface area contributed by atoms with Gasteiger partial charge < -0.3 is 15.5 Å². The quantitative estimate of drug-likeness (QED) is 0.576. The van der Waals surface area contributed by atoms with E-state index in [1.165, 1.54) is 0 Å². The molecule has 1 aliphatic heterocycles. The van der Waals surface area contributed by atoms with E-state index >= 15 is 0 Å². The smallest absolute Gasteiger partial charge is 0.258 e. The number of alkyl halides is 1. The van der Waals surface area contributed by atoms with Crippen LogP contribution in [0.15, 0.2) is 29.8 Å². The number of hydrogen-bond donors (Lipinski definition) is 2. The molecule has 3 amide bonds. The first-order valence-corrected chi connectivity index (χ1v) is 13.4. The van der Waals surface area contributed by atoms with Crippen molar-refractivity contribution in [3.63, 3.8) is 0 Å². The highest BCUT2D eigenvalue weighted by Crippen LogP contribution is 2.40. The van der Waals surface area contributed by atoms with E-state index in [1.54, 1.807) is 16.2 Å². The topological polar surface area (TPSA) is 91.4 Å². The van der Waals surface area contributed by atoms with Crippen molar-refractivity contribution in [1.29, 1.82) is 0 Å². The minimum Gasteiger partial charge on any atom is -0.348 e. The van der Waals surface area contributed by atoms with Crippen molar-refractivity contribution in [2.45, 2.75) is 84.1 Å². The summed E-state index contributed by atoms with van der Waals surface area (Å²) < 4.78 is 14.3. The summed E-state index contributed by atoms with van der Waals surface area (Å²) in [5, 5.41) is 5.69. The molecule has 1 saturated heterocycles. The maximum atomic E-state index is 14.3. The highest BCUT2D eigenvalue weighted by atomic mass is 32.1. The van der Waals surface area contributed by atoms with E-state index in [9.17, 15) is 18.8 Å². The maximum Gasteiger partial charge on any atom is 0.258 e. The van der Waals surface area contributed by atoms with Crippen molar-refractivity contribution in [3.05, 3.63) is 41.0 Å². The number of thiazole rings is 1. The molecule has 4 rings (SSSR count). The van der Waals surface area contributed by atoms with Crippen LogP contribution in [0.1, 0.15) is 70.7 Å². The Labute approximate surface area is 215 Å². The van der Waals surface area contributed by atoms with Crippen molar-refractivity contribution in [3.8, 4) is 10.4 Å². The van der Waals surface area contributed by atoms with E-state index in [0.29, 0.717) is 19.4 Å². The summed E-state index contributed by atoms with van der Waals surface area (Å²) in [6, 6.07) is 6.26. The van der Waals surface area contributed by atoms with Gasteiger partial charge in [-0.2, -0.15) is 0 Å². The highest BCUT2D eigenvalue weighted by Gasteiger charge is 2.53. The molecule has 1 aliphatic carbocycles. The Hall–Kier alpha value is -2.81. The first-order chi connectivity index (χ1) is 16.9. The molecule has 7 nitrogen and oxygen atoms in total. The molecule has 194 valence electrons. The Kier molecular flexibility index (Phi) is 7.23. The average Bonchev–Trinajstić information content (AvgIpc) is 3.21. The molecule has 2 N–H and O–H groups in total. The summed E-state index contributed by atoms with van der Waals surface area (Å²) in [7, 11) is 0. The van der Waals surface area contributed by atoms with E-state index in [2.05, 4.69) is 15.6 Å². The first kappa shape index (κ1) is 26.3. The number of benzene rings is 1. The summed E-state index contributed by atoms with van der Waals surface area (Å²) in [5.74, 6) is -1.30. The number of aryl methyl sites for hydroxylation is 1. The molecular weight excluding hydrogens is 479 g/mol. The van der Waals surface area contributed by atoms with E-state index in [4.69, 9.17) is 0 Å². The zero-order chi connectivity index (χ0) is 26.3. The molecule has 2 heterocycles. The Balaban J connectivity index is 1.43. The van der Waals surface area contributed by atoms with Crippen LogP contribution >= 0.6 is 11.3 Å². The minimum atomic E-state index is -1.87. The minimum absolute atomic E-state index is 0.182. The van der Waals surface area contributed by atoms with Gasteiger partial charge >= 0.3 is 0 Å². The molecule has 2 fully saturated rings. The third-order valence-electron chi connectivity index (χ3n) is 7.10. The number of halogens is 1. The monoisotopic (exact) mass is 514 g/mol. The van der Waals surface area contributed by atoms with Gasteiger partial charge in [-0.05, 0) is 56.1 Å². The van der Waals surface area contributed by atoms with Gasteiger partial charge in [-0.25, -0.2) is 9.37 Å². The fraction of sp³-hybridized carbons (Fsp3) is 0.556. The molecule has 2 aliphatic rings. The molecule has 2 unspecified atom stereocenters. The van der Waals surface area contributed by atoms with Crippen LogP contribution in [-0.4, -0.2) is 51.9 Å². The predicted molar refractivity (Wildman–Crippen MR) is 138 cm³/mol. The van der Waals surface area contributed by atoms with Crippen molar-refractivity contribution in [2.24, 2.45) is 5.41 Å². The number of carbonyl (C=O) groups is 3. The molecule has 1 aromatic carbocycles. The van der Waals surface area contributed by atoms with Gasteiger partial charge in [-0.1, -0.05) is 45.0 Å². The van der Waals surface area contributed by atoms with E-state index in [0.717, 1.165) is 21.7 Å². The predicted octanol–water partition coefficient (Wildman–Crippen LogP) is 4.32. The Bertz CT molecular complexity index is 1140. The second kappa shape index (κ2) is 9.92. The molecular formula is C27H35FN4O3S. The third-order valence-corrected chi connectivity index (χ3v) is 8.08. The van der Waals surface area contributed by atoms with Crippen LogP contribution in [0.5, 0.6) is 0 Å². The van der Waals surface area contributed by atoms with Gasteiger partial charge in [0.1, 0.15) is 12.1 Å². The lowest BCUT2D eigenvalue weighted by atomic mass is 9.85. The van der Waals surface area contributed by atoms with Crippen LogP contribution in [-0.2, 0) is 14.4 Å². The van der Waals surface area contributed by atoms with Gasteiger partial charge in [0.05, 0.1) is 22.1 Å². The fourth-order valence-corrected chi connectivity index (χ4v) is 5.42. The van der Waals surface area contributed by atoms with Gasteiger partial charge in [0.15, 0.2) is 5.67 Å². The Morgan fingerprint density at radius 2 is 1.83 bits per heavy atom. The van der Waals surface area contributed by atoms with Crippen molar-refractivity contribution in [1.82, 2.24) is 20.5 Å². The largest absolute Gasteiger partial charge is 0.348 e.